The smallest absolute Gasteiger partial charge is 0.325 e. The second-order valence-electron chi connectivity index (χ2n) is 4.83. The van der Waals surface area contributed by atoms with Crippen molar-refractivity contribution in [2.75, 3.05) is 39.5 Å². The van der Waals surface area contributed by atoms with Crippen LogP contribution in [0.4, 0.5) is 10.5 Å². The van der Waals surface area contributed by atoms with Gasteiger partial charge in [-0.25, -0.2) is 4.79 Å². The third-order valence-electron chi connectivity index (χ3n) is 2.60. The van der Waals surface area contributed by atoms with Gasteiger partial charge in [-0.05, 0) is 19.2 Å². The van der Waals surface area contributed by atoms with Gasteiger partial charge in [0.25, 0.3) is 0 Å². The second-order valence-corrected chi connectivity index (χ2v) is 4.83. The molecule has 0 spiro atoms. The van der Waals surface area contributed by atoms with Crippen molar-refractivity contribution >= 4 is 23.5 Å². The summed E-state index contributed by atoms with van der Waals surface area (Å²) in [7, 11) is 4.92. The van der Waals surface area contributed by atoms with Gasteiger partial charge in [0.1, 0.15) is 0 Å². The average molecular weight is 292 g/mol. The molecule has 7 heteroatoms. The summed E-state index contributed by atoms with van der Waals surface area (Å²) in [6, 6.07) is 8.21. The van der Waals surface area contributed by atoms with Gasteiger partial charge in [0.15, 0.2) is 0 Å². The zero-order valence-corrected chi connectivity index (χ0v) is 12.4. The van der Waals surface area contributed by atoms with Crippen LogP contribution in [0.2, 0.25) is 0 Å². The molecule has 21 heavy (non-hydrogen) atoms. The lowest BCUT2D eigenvalue weighted by Crippen LogP contribution is -2.43. The van der Waals surface area contributed by atoms with Crippen molar-refractivity contribution in [1.29, 1.82) is 0 Å². The highest BCUT2D eigenvalue weighted by molar-refractivity contribution is 6.01. The molecule has 0 aliphatic heterocycles. The van der Waals surface area contributed by atoms with Crippen LogP contribution >= 0.6 is 0 Å². The molecule has 0 radical (unpaired) electrons. The fourth-order valence-corrected chi connectivity index (χ4v) is 1.52. The normalized spacial score (nSPS) is 10.1. The number of carbonyl (C=O) groups excluding carboxylic acids is 3. The van der Waals surface area contributed by atoms with Gasteiger partial charge in [-0.15, -0.1) is 0 Å². The van der Waals surface area contributed by atoms with Crippen molar-refractivity contribution < 1.29 is 14.4 Å². The maximum Gasteiger partial charge on any atom is 0.325 e. The Hall–Kier alpha value is -2.41. The molecule has 114 valence electrons. The average Bonchev–Trinajstić information content (AvgIpc) is 2.38. The molecule has 0 saturated carbocycles. The minimum Gasteiger partial charge on any atom is -0.348 e. The quantitative estimate of drug-likeness (QED) is 0.821. The molecule has 1 rings (SSSR count). The molecule has 0 aromatic heterocycles. The summed E-state index contributed by atoms with van der Waals surface area (Å²) in [6.45, 7) is 0.0719. The summed E-state index contributed by atoms with van der Waals surface area (Å²) in [5.41, 5.74) is 0.596. The monoisotopic (exact) mass is 292 g/mol. The SMILES string of the molecule is CN(CC(=O)NC(=O)Nc1ccccc1)CC(=O)N(C)C. The summed E-state index contributed by atoms with van der Waals surface area (Å²) >= 11 is 0. The van der Waals surface area contributed by atoms with Crippen LogP contribution in [-0.4, -0.2) is 61.9 Å². The number of anilines is 1. The molecule has 0 heterocycles. The Morgan fingerprint density at radius 1 is 1.00 bits per heavy atom. The van der Waals surface area contributed by atoms with E-state index in [9.17, 15) is 14.4 Å². The molecule has 0 atom stereocenters. The number of likely N-dealkylation sites (N-methyl/N-ethyl adjacent to an activating group) is 2. The molecular weight excluding hydrogens is 272 g/mol. The molecule has 0 aliphatic carbocycles. The number of rotatable bonds is 5. The fourth-order valence-electron chi connectivity index (χ4n) is 1.52. The minimum absolute atomic E-state index is 0.0399. The summed E-state index contributed by atoms with van der Waals surface area (Å²) < 4.78 is 0. The summed E-state index contributed by atoms with van der Waals surface area (Å²) in [5, 5.41) is 4.75. The zero-order chi connectivity index (χ0) is 15.8. The van der Waals surface area contributed by atoms with E-state index in [-0.39, 0.29) is 19.0 Å². The van der Waals surface area contributed by atoms with Crippen molar-refractivity contribution in [1.82, 2.24) is 15.1 Å². The third-order valence-corrected chi connectivity index (χ3v) is 2.60. The van der Waals surface area contributed by atoms with Gasteiger partial charge >= 0.3 is 6.03 Å². The number of imide groups is 1. The highest BCUT2D eigenvalue weighted by Gasteiger charge is 2.13. The number of benzene rings is 1. The minimum atomic E-state index is -0.599. The van der Waals surface area contributed by atoms with Crippen LogP contribution in [-0.2, 0) is 9.59 Å². The van der Waals surface area contributed by atoms with Crippen molar-refractivity contribution in [3.63, 3.8) is 0 Å². The van der Waals surface area contributed by atoms with Crippen LogP contribution in [0.5, 0.6) is 0 Å². The van der Waals surface area contributed by atoms with Crippen LogP contribution in [0.25, 0.3) is 0 Å². The van der Waals surface area contributed by atoms with E-state index in [4.69, 9.17) is 0 Å². The predicted molar refractivity (Wildman–Crippen MR) is 79.8 cm³/mol. The first-order chi connectivity index (χ1) is 9.88. The van der Waals surface area contributed by atoms with E-state index < -0.39 is 11.9 Å². The number of hydrogen-bond acceptors (Lipinski definition) is 4. The van der Waals surface area contributed by atoms with E-state index in [2.05, 4.69) is 10.6 Å². The number of nitrogens with zero attached hydrogens (tertiary/aromatic N) is 2. The predicted octanol–water partition coefficient (Wildman–Crippen LogP) is 0.355. The number of para-hydroxylation sites is 1. The Labute approximate surface area is 123 Å². The molecule has 0 aliphatic rings. The molecule has 4 amide bonds. The highest BCUT2D eigenvalue weighted by Crippen LogP contribution is 2.03. The summed E-state index contributed by atoms with van der Waals surface area (Å²) in [5.74, 6) is -0.587. The Balaban J connectivity index is 2.36. The topological polar surface area (TPSA) is 81.8 Å². The van der Waals surface area contributed by atoms with Gasteiger partial charge in [-0.3, -0.25) is 19.8 Å². The lowest BCUT2D eigenvalue weighted by atomic mass is 10.3. The maximum atomic E-state index is 11.7. The molecule has 0 unspecified atom stereocenters. The van der Waals surface area contributed by atoms with Gasteiger partial charge in [-0.1, -0.05) is 18.2 Å². The van der Waals surface area contributed by atoms with E-state index in [1.165, 1.54) is 9.80 Å². The molecule has 0 bridgehead atoms. The van der Waals surface area contributed by atoms with Crippen LogP contribution in [0.1, 0.15) is 0 Å². The first kappa shape index (κ1) is 16.6. The van der Waals surface area contributed by atoms with Gasteiger partial charge in [0, 0.05) is 19.8 Å². The molecule has 7 nitrogen and oxygen atoms in total. The summed E-state index contributed by atoms with van der Waals surface area (Å²) in [4.78, 5) is 37.7. The Morgan fingerprint density at radius 3 is 2.19 bits per heavy atom. The number of urea groups is 1. The van der Waals surface area contributed by atoms with Crippen molar-refractivity contribution in [3.05, 3.63) is 30.3 Å². The highest BCUT2D eigenvalue weighted by atomic mass is 16.2. The van der Waals surface area contributed by atoms with E-state index >= 15 is 0 Å². The fraction of sp³-hybridized carbons (Fsp3) is 0.357. The van der Waals surface area contributed by atoms with Gasteiger partial charge in [0.2, 0.25) is 11.8 Å². The van der Waals surface area contributed by atoms with E-state index in [0.29, 0.717) is 5.69 Å². The van der Waals surface area contributed by atoms with Crippen molar-refractivity contribution in [3.8, 4) is 0 Å². The first-order valence-corrected chi connectivity index (χ1v) is 6.43. The van der Waals surface area contributed by atoms with Gasteiger partial charge in [0.05, 0.1) is 13.1 Å². The maximum absolute atomic E-state index is 11.7. The second kappa shape index (κ2) is 8.01. The van der Waals surface area contributed by atoms with E-state index in [0.717, 1.165) is 0 Å². The van der Waals surface area contributed by atoms with Crippen LogP contribution in [0.3, 0.4) is 0 Å². The van der Waals surface area contributed by atoms with Crippen LogP contribution in [0.15, 0.2) is 30.3 Å². The van der Waals surface area contributed by atoms with Crippen molar-refractivity contribution in [2.24, 2.45) is 0 Å². The molecule has 1 aromatic rings. The Morgan fingerprint density at radius 2 is 1.62 bits per heavy atom. The van der Waals surface area contributed by atoms with Gasteiger partial charge < -0.3 is 10.2 Å². The zero-order valence-electron chi connectivity index (χ0n) is 12.4. The standard InChI is InChI=1S/C14H20N4O3/c1-17(2)13(20)10-18(3)9-12(19)16-14(21)15-11-7-5-4-6-8-11/h4-8H,9-10H2,1-3H3,(H2,15,16,19,21). The van der Waals surface area contributed by atoms with Gasteiger partial charge in [-0.2, -0.15) is 0 Å². The molecule has 0 saturated heterocycles. The first-order valence-electron chi connectivity index (χ1n) is 6.43. The summed E-state index contributed by atoms with van der Waals surface area (Å²) in [6.07, 6.45) is 0. The number of carbonyl (C=O) groups is 3. The third kappa shape index (κ3) is 6.53. The number of hydrogen-bond donors (Lipinski definition) is 2. The van der Waals surface area contributed by atoms with Crippen LogP contribution < -0.4 is 10.6 Å². The lowest BCUT2D eigenvalue weighted by Gasteiger charge is -2.18. The number of nitrogens with one attached hydrogen (secondary N) is 2. The Bertz CT molecular complexity index is 502. The van der Waals surface area contributed by atoms with E-state index in [1.807, 2.05) is 6.07 Å². The van der Waals surface area contributed by atoms with Crippen LogP contribution in [0, 0.1) is 0 Å². The molecular formula is C14H20N4O3. The lowest BCUT2D eigenvalue weighted by molar-refractivity contribution is -0.130. The largest absolute Gasteiger partial charge is 0.348 e. The number of amides is 4. The van der Waals surface area contributed by atoms with Crippen molar-refractivity contribution in [2.45, 2.75) is 0 Å². The molecule has 1 aromatic carbocycles. The Kier molecular flexibility index (Phi) is 6.35. The molecule has 0 fully saturated rings. The van der Waals surface area contributed by atoms with E-state index in [1.54, 1.807) is 45.4 Å². The molecule has 2 N–H and O–H groups in total.